The van der Waals surface area contributed by atoms with Gasteiger partial charge in [-0.25, -0.2) is 19.2 Å². The summed E-state index contributed by atoms with van der Waals surface area (Å²) < 4.78 is 27.9. The average Bonchev–Trinajstić information content (AvgIpc) is 3.28. The highest BCUT2D eigenvalue weighted by molar-refractivity contribution is 5.82. The maximum Gasteiger partial charge on any atom is 0.408 e. The molecule has 6 aromatic rings. The molecule has 0 saturated heterocycles. The Hall–Kier alpha value is -7.60. The van der Waals surface area contributed by atoms with E-state index in [4.69, 9.17) is 23.7 Å². The lowest BCUT2D eigenvalue weighted by Gasteiger charge is -2.19. The lowest BCUT2D eigenvalue weighted by molar-refractivity contribution is -0.148. The predicted molar refractivity (Wildman–Crippen MR) is 222 cm³/mol. The summed E-state index contributed by atoms with van der Waals surface area (Å²) in [5.41, 5.74) is 4.36. The number of nitrogens with one attached hydrogen (secondary N) is 2. The van der Waals surface area contributed by atoms with Crippen LogP contribution in [0.1, 0.15) is 33.4 Å². The number of benzene rings is 6. The molecule has 2 amide bonds. The van der Waals surface area contributed by atoms with Gasteiger partial charge in [-0.15, -0.1) is 0 Å². The van der Waals surface area contributed by atoms with E-state index in [0.29, 0.717) is 16.9 Å². The van der Waals surface area contributed by atoms with Crippen LogP contribution in [0.25, 0.3) is 0 Å². The van der Waals surface area contributed by atoms with Gasteiger partial charge >= 0.3 is 24.1 Å². The molecule has 0 fully saturated rings. The number of esters is 2. The van der Waals surface area contributed by atoms with Crippen molar-refractivity contribution in [2.24, 2.45) is 0 Å². The zero-order valence-electron chi connectivity index (χ0n) is 32.6. The smallest absolute Gasteiger partial charge is 0.408 e. The molecule has 60 heavy (non-hydrogen) atoms. The summed E-state index contributed by atoms with van der Waals surface area (Å²) in [5.74, 6) is -1.04. The molecule has 0 heterocycles. The van der Waals surface area contributed by atoms with Crippen molar-refractivity contribution in [3.63, 3.8) is 0 Å². The van der Waals surface area contributed by atoms with Gasteiger partial charge in [-0.05, 0) is 57.6 Å². The third kappa shape index (κ3) is 13.5. The fourth-order valence-corrected chi connectivity index (χ4v) is 5.92. The van der Waals surface area contributed by atoms with Crippen LogP contribution in [0, 0.1) is 0 Å². The first-order chi connectivity index (χ1) is 29.3. The molecular weight excluding hydrogens is 765 g/mol. The zero-order chi connectivity index (χ0) is 41.9. The van der Waals surface area contributed by atoms with Crippen LogP contribution >= 0.6 is 0 Å². The Balaban J connectivity index is 1.10. The van der Waals surface area contributed by atoms with Crippen molar-refractivity contribution in [1.29, 1.82) is 0 Å². The zero-order valence-corrected chi connectivity index (χ0v) is 32.6. The summed E-state index contributed by atoms with van der Waals surface area (Å²) in [7, 11) is 0. The van der Waals surface area contributed by atoms with E-state index in [9.17, 15) is 24.3 Å². The number of amides is 2. The highest BCUT2D eigenvalue weighted by Gasteiger charge is 2.26. The molecule has 0 aliphatic rings. The number of phenolic OH excluding ortho intramolecular Hbond substituents is 1. The van der Waals surface area contributed by atoms with Gasteiger partial charge in [-0.3, -0.25) is 0 Å². The molecule has 2 atom stereocenters. The largest absolute Gasteiger partial charge is 0.504 e. The van der Waals surface area contributed by atoms with E-state index in [2.05, 4.69) is 10.6 Å². The van der Waals surface area contributed by atoms with Gasteiger partial charge in [-0.2, -0.15) is 0 Å². The third-order valence-corrected chi connectivity index (χ3v) is 9.08. The molecule has 0 spiro atoms. The number of hydrogen-bond donors (Lipinski definition) is 3. The van der Waals surface area contributed by atoms with Gasteiger partial charge in [0.15, 0.2) is 11.5 Å². The summed E-state index contributed by atoms with van der Waals surface area (Å²) in [6.07, 6.45) is -1.51. The van der Waals surface area contributed by atoms with Crippen LogP contribution in [0.5, 0.6) is 17.2 Å². The monoisotopic (exact) mass is 808 g/mol. The van der Waals surface area contributed by atoms with Gasteiger partial charge in [-0.1, -0.05) is 140 Å². The highest BCUT2D eigenvalue weighted by Crippen LogP contribution is 2.32. The van der Waals surface area contributed by atoms with Crippen LogP contribution in [0.3, 0.4) is 0 Å². The maximum atomic E-state index is 13.3. The summed E-state index contributed by atoms with van der Waals surface area (Å²) in [5, 5.41) is 16.0. The van der Waals surface area contributed by atoms with E-state index >= 15 is 0 Å². The second-order valence-corrected chi connectivity index (χ2v) is 13.7. The van der Waals surface area contributed by atoms with Crippen LogP contribution in [0.2, 0.25) is 0 Å². The fraction of sp³-hybridized carbons (Fsp3) is 0.167. The molecule has 6 aromatic carbocycles. The van der Waals surface area contributed by atoms with Crippen molar-refractivity contribution in [1.82, 2.24) is 10.6 Å². The normalized spacial score (nSPS) is 11.6. The fourth-order valence-electron chi connectivity index (χ4n) is 5.92. The minimum atomic E-state index is -1.13. The van der Waals surface area contributed by atoms with Gasteiger partial charge < -0.3 is 39.4 Å². The number of alkyl carbamates (subject to hydrolysis) is 2. The Labute approximate surface area is 347 Å². The van der Waals surface area contributed by atoms with Crippen molar-refractivity contribution in [2.75, 3.05) is 0 Å². The van der Waals surface area contributed by atoms with Gasteiger partial charge in [0.2, 0.25) is 0 Å². The predicted octanol–water partition coefficient (Wildman–Crippen LogP) is 8.35. The van der Waals surface area contributed by atoms with E-state index < -0.39 is 36.2 Å². The van der Waals surface area contributed by atoms with Gasteiger partial charge in [0.1, 0.15) is 44.3 Å². The second kappa shape index (κ2) is 21.8. The number of carbonyl (C=O) groups is 4. The lowest BCUT2D eigenvalue weighted by Crippen LogP contribution is -2.43. The van der Waals surface area contributed by atoms with Crippen LogP contribution in [-0.2, 0) is 67.8 Å². The Bertz CT molecular complexity index is 2290. The van der Waals surface area contributed by atoms with Crippen molar-refractivity contribution in [3.8, 4) is 17.2 Å². The van der Waals surface area contributed by atoms with Crippen LogP contribution in [0.15, 0.2) is 164 Å². The summed E-state index contributed by atoms with van der Waals surface area (Å²) in [6, 6.07) is 45.8. The van der Waals surface area contributed by atoms with E-state index in [1.54, 1.807) is 36.4 Å². The molecule has 3 N–H and O–H groups in total. The number of ether oxygens (including phenoxy) is 5. The van der Waals surface area contributed by atoms with Gasteiger partial charge in [0.25, 0.3) is 0 Å². The number of aromatic hydroxyl groups is 1. The van der Waals surface area contributed by atoms with E-state index in [0.717, 1.165) is 22.3 Å². The van der Waals surface area contributed by atoms with Crippen LogP contribution in [-0.4, -0.2) is 41.3 Å². The average molecular weight is 809 g/mol. The Kier molecular flexibility index (Phi) is 15.3. The van der Waals surface area contributed by atoms with Crippen LogP contribution in [0.4, 0.5) is 9.59 Å². The van der Waals surface area contributed by atoms with Crippen molar-refractivity contribution in [3.05, 3.63) is 197 Å². The topological polar surface area (TPSA) is 159 Å². The Morgan fingerprint density at radius 3 is 1.22 bits per heavy atom. The van der Waals surface area contributed by atoms with Gasteiger partial charge in [0.05, 0.1) is 0 Å². The molecular formula is C48H44N2O10. The summed E-state index contributed by atoms with van der Waals surface area (Å²) in [6.45, 7) is 0.0533. The first-order valence-corrected chi connectivity index (χ1v) is 19.2. The third-order valence-electron chi connectivity index (χ3n) is 9.08. The first-order valence-electron chi connectivity index (χ1n) is 19.2. The minimum Gasteiger partial charge on any atom is -0.504 e. The second-order valence-electron chi connectivity index (χ2n) is 13.7. The SMILES string of the molecule is O=C(NC(Cc1ccc(O)c(Oc2ccc(C[C@H](NC(=O)OCc3ccccc3)C(=O)OCc3ccccc3)cc2)c1)C(=O)OCc1ccccc1)OCc1ccccc1. The maximum absolute atomic E-state index is 13.3. The van der Waals surface area contributed by atoms with E-state index in [1.807, 2.05) is 121 Å². The molecule has 6 rings (SSSR count). The molecule has 0 radical (unpaired) electrons. The number of rotatable bonds is 18. The first kappa shape index (κ1) is 42.0. The highest BCUT2D eigenvalue weighted by atomic mass is 16.6. The molecule has 12 nitrogen and oxygen atoms in total. The standard InChI is InChI=1S/C48H44N2O10/c51-43-26-23-39(28-42(46(53)57-31-36-15-7-2-8-16-36)50-48(55)59-33-38-19-11-4-12-20-38)29-44(43)60-40-24-21-34(22-25-40)27-41(45(52)56-30-35-13-5-1-6-14-35)49-47(54)58-32-37-17-9-3-10-18-37/h1-26,29,41-42,51H,27-28,30-33H2,(H,49,54)(H,50,55)/t41-,42?/m0/s1. The number of carbonyl (C=O) groups excluding carboxylic acids is 4. The molecule has 0 bridgehead atoms. The Morgan fingerprint density at radius 2 is 0.800 bits per heavy atom. The minimum absolute atomic E-state index is 0.000869. The van der Waals surface area contributed by atoms with Crippen molar-refractivity contribution < 1.29 is 48.0 Å². The summed E-state index contributed by atoms with van der Waals surface area (Å²) >= 11 is 0. The number of phenols is 1. The molecule has 306 valence electrons. The molecule has 0 aliphatic carbocycles. The molecule has 0 saturated carbocycles. The molecule has 1 unspecified atom stereocenters. The Morgan fingerprint density at radius 1 is 0.433 bits per heavy atom. The number of hydrogen-bond acceptors (Lipinski definition) is 10. The molecule has 0 aliphatic heterocycles. The van der Waals surface area contributed by atoms with E-state index in [1.165, 1.54) is 6.07 Å². The quantitative estimate of drug-likeness (QED) is 0.0569. The van der Waals surface area contributed by atoms with Crippen molar-refractivity contribution in [2.45, 2.75) is 51.4 Å². The molecule has 0 aromatic heterocycles. The summed E-state index contributed by atoms with van der Waals surface area (Å²) in [4.78, 5) is 52.3. The lowest BCUT2D eigenvalue weighted by atomic mass is 10.0. The van der Waals surface area contributed by atoms with Crippen molar-refractivity contribution >= 4 is 24.1 Å². The van der Waals surface area contributed by atoms with E-state index in [-0.39, 0.29) is 50.8 Å². The van der Waals surface area contributed by atoms with Gasteiger partial charge in [0, 0.05) is 12.8 Å². The molecule has 12 heteroatoms. The van der Waals surface area contributed by atoms with Crippen LogP contribution < -0.4 is 15.4 Å².